The molecule has 5 heteroatoms. The molecule has 0 unspecified atom stereocenters. The molecule has 1 amide bonds. The van der Waals surface area contributed by atoms with Gasteiger partial charge >= 0.3 is 0 Å². The van der Waals surface area contributed by atoms with Crippen LogP contribution in [0, 0.1) is 5.41 Å². The number of nitrogens with one attached hydrogen (secondary N) is 1. The third-order valence-corrected chi connectivity index (χ3v) is 4.71. The van der Waals surface area contributed by atoms with Gasteiger partial charge in [-0.15, -0.1) is 11.8 Å². The average molecular weight is 300 g/mol. The van der Waals surface area contributed by atoms with Crippen LogP contribution >= 0.6 is 23.4 Å². The first-order chi connectivity index (χ1) is 9.13. The number of thioether (sulfide) groups is 1. The van der Waals surface area contributed by atoms with Crippen LogP contribution in [0.3, 0.4) is 0 Å². The molecule has 0 aromatic heterocycles. The van der Waals surface area contributed by atoms with E-state index >= 15 is 0 Å². The molecule has 1 aliphatic carbocycles. The molecule has 0 aliphatic heterocycles. The van der Waals surface area contributed by atoms with E-state index in [0.29, 0.717) is 17.3 Å². The van der Waals surface area contributed by atoms with Crippen molar-refractivity contribution in [3.63, 3.8) is 0 Å². The fourth-order valence-electron chi connectivity index (χ4n) is 1.95. The maximum absolute atomic E-state index is 11.7. The summed E-state index contributed by atoms with van der Waals surface area (Å²) in [5.74, 6) is 0.459. The highest BCUT2D eigenvalue weighted by Crippen LogP contribution is 2.47. The van der Waals surface area contributed by atoms with Crippen LogP contribution in [0.1, 0.15) is 19.3 Å². The Balaban J connectivity index is 1.69. The van der Waals surface area contributed by atoms with Gasteiger partial charge in [0.05, 0.1) is 5.75 Å². The van der Waals surface area contributed by atoms with Crippen molar-refractivity contribution in [1.82, 2.24) is 5.32 Å². The molecule has 2 rings (SSSR count). The van der Waals surface area contributed by atoms with Crippen molar-refractivity contribution in [3.05, 3.63) is 29.3 Å². The Kier molecular flexibility index (Phi) is 5.13. The Bertz CT molecular complexity index is 432. The second kappa shape index (κ2) is 6.64. The summed E-state index contributed by atoms with van der Waals surface area (Å²) in [5.41, 5.74) is 0.176. The van der Waals surface area contributed by atoms with E-state index in [0.717, 1.165) is 24.2 Å². The normalized spacial score (nSPS) is 16.1. The quantitative estimate of drug-likeness (QED) is 0.761. The summed E-state index contributed by atoms with van der Waals surface area (Å²) >= 11 is 7.30. The molecular formula is C14H18ClNO2S. The predicted molar refractivity (Wildman–Crippen MR) is 78.6 cm³/mol. The monoisotopic (exact) mass is 299 g/mol. The van der Waals surface area contributed by atoms with E-state index in [1.807, 2.05) is 24.3 Å². The Morgan fingerprint density at radius 2 is 2.05 bits per heavy atom. The summed E-state index contributed by atoms with van der Waals surface area (Å²) < 4.78 is 0. The van der Waals surface area contributed by atoms with E-state index in [9.17, 15) is 4.79 Å². The van der Waals surface area contributed by atoms with Gasteiger partial charge in [0.15, 0.2) is 0 Å². The van der Waals surface area contributed by atoms with Gasteiger partial charge in [0.1, 0.15) is 0 Å². The highest BCUT2D eigenvalue weighted by Gasteiger charge is 2.41. The molecular weight excluding hydrogens is 282 g/mol. The number of hydrogen-bond donors (Lipinski definition) is 2. The molecule has 0 radical (unpaired) electrons. The number of carbonyl (C=O) groups is 1. The van der Waals surface area contributed by atoms with Gasteiger partial charge in [-0.2, -0.15) is 0 Å². The maximum atomic E-state index is 11.7. The number of aliphatic hydroxyl groups excluding tert-OH is 1. The molecule has 1 fully saturated rings. The molecule has 0 atom stereocenters. The highest BCUT2D eigenvalue weighted by molar-refractivity contribution is 8.00. The van der Waals surface area contributed by atoms with Crippen LogP contribution < -0.4 is 5.32 Å². The summed E-state index contributed by atoms with van der Waals surface area (Å²) in [6.07, 6.45) is 3.01. The van der Waals surface area contributed by atoms with Crippen LogP contribution in [-0.2, 0) is 4.79 Å². The van der Waals surface area contributed by atoms with E-state index in [1.54, 1.807) is 0 Å². The summed E-state index contributed by atoms with van der Waals surface area (Å²) in [6.45, 7) is 0.892. The van der Waals surface area contributed by atoms with Crippen molar-refractivity contribution >= 4 is 29.3 Å². The second-order valence-corrected chi connectivity index (χ2v) is 6.48. The van der Waals surface area contributed by atoms with E-state index in [2.05, 4.69) is 5.32 Å². The third-order valence-electron chi connectivity index (χ3n) is 3.44. The lowest BCUT2D eigenvalue weighted by Crippen LogP contribution is -2.31. The van der Waals surface area contributed by atoms with Crippen LogP contribution in [-0.4, -0.2) is 29.9 Å². The Morgan fingerprint density at radius 3 is 2.63 bits per heavy atom. The molecule has 0 heterocycles. The zero-order valence-electron chi connectivity index (χ0n) is 10.7. The van der Waals surface area contributed by atoms with Crippen molar-refractivity contribution in [2.24, 2.45) is 5.41 Å². The van der Waals surface area contributed by atoms with Gasteiger partial charge in [-0.3, -0.25) is 4.79 Å². The van der Waals surface area contributed by atoms with Crippen LogP contribution in [0.15, 0.2) is 29.2 Å². The van der Waals surface area contributed by atoms with Crippen LogP contribution in [0.2, 0.25) is 5.02 Å². The summed E-state index contributed by atoms with van der Waals surface area (Å²) in [7, 11) is 0. The predicted octanol–water partition coefficient (Wildman–Crippen LogP) is 2.71. The molecule has 3 nitrogen and oxygen atoms in total. The molecule has 0 spiro atoms. The maximum Gasteiger partial charge on any atom is 0.230 e. The number of amides is 1. The van der Waals surface area contributed by atoms with Gasteiger partial charge in [0.25, 0.3) is 0 Å². The van der Waals surface area contributed by atoms with Gasteiger partial charge in [0, 0.05) is 23.1 Å². The first-order valence-electron chi connectivity index (χ1n) is 6.39. The zero-order valence-corrected chi connectivity index (χ0v) is 12.3. The lowest BCUT2D eigenvalue weighted by Gasteiger charge is -2.14. The SMILES string of the molecule is O=C(CSc1ccc(Cl)cc1)NCC1(CCO)CC1. The molecule has 104 valence electrons. The van der Waals surface area contributed by atoms with Gasteiger partial charge in [-0.25, -0.2) is 0 Å². The van der Waals surface area contributed by atoms with Crippen molar-refractivity contribution in [2.75, 3.05) is 18.9 Å². The average Bonchev–Trinajstić information content (AvgIpc) is 3.17. The molecule has 1 aromatic carbocycles. The lowest BCUT2D eigenvalue weighted by atomic mass is 10.0. The molecule has 1 saturated carbocycles. The smallest absolute Gasteiger partial charge is 0.230 e. The minimum Gasteiger partial charge on any atom is -0.396 e. The van der Waals surface area contributed by atoms with Gasteiger partial charge in [-0.1, -0.05) is 11.6 Å². The van der Waals surface area contributed by atoms with Crippen molar-refractivity contribution < 1.29 is 9.90 Å². The van der Waals surface area contributed by atoms with Gasteiger partial charge in [0.2, 0.25) is 5.91 Å². The molecule has 0 saturated heterocycles. The molecule has 2 N–H and O–H groups in total. The zero-order chi connectivity index (χ0) is 13.7. The van der Waals surface area contributed by atoms with E-state index in [4.69, 9.17) is 16.7 Å². The number of benzene rings is 1. The molecule has 1 aromatic rings. The number of aliphatic hydroxyl groups is 1. The number of carbonyl (C=O) groups excluding carboxylic acids is 1. The number of halogens is 1. The number of rotatable bonds is 7. The molecule has 19 heavy (non-hydrogen) atoms. The van der Waals surface area contributed by atoms with Gasteiger partial charge in [-0.05, 0) is 48.9 Å². The van der Waals surface area contributed by atoms with Crippen molar-refractivity contribution in [3.8, 4) is 0 Å². The van der Waals surface area contributed by atoms with E-state index in [-0.39, 0.29) is 17.9 Å². The van der Waals surface area contributed by atoms with Crippen LogP contribution in [0.4, 0.5) is 0 Å². The van der Waals surface area contributed by atoms with E-state index in [1.165, 1.54) is 11.8 Å². The Morgan fingerprint density at radius 1 is 1.37 bits per heavy atom. The largest absolute Gasteiger partial charge is 0.396 e. The Hall–Kier alpha value is -0.710. The third kappa shape index (κ3) is 4.71. The standard InChI is InChI=1S/C14H18ClNO2S/c15-11-1-3-12(4-2-11)19-9-13(18)16-10-14(5-6-14)7-8-17/h1-4,17H,5-10H2,(H,16,18). The fraction of sp³-hybridized carbons (Fsp3) is 0.500. The number of hydrogen-bond acceptors (Lipinski definition) is 3. The van der Waals surface area contributed by atoms with E-state index < -0.39 is 0 Å². The summed E-state index contributed by atoms with van der Waals surface area (Å²) in [5, 5.41) is 12.6. The van der Waals surface area contributed by atoms with Gasteiger partial charge < -0.3 is 10.4 Å². The van der Waals surface area contributed by atoms with Crippen molar-refractivity contribution in [2.45, 2.75) is 24.2 Å². The van der Waals surface area contributed by atoms with Crippen LogP contribution in [0.25, 0.3) is 0 Å². The lowest BCUT2D eigenvalue weighted by molar-refractivity contribution is -0.118. The summed E-state index contributed by atoms with van der Waals surface area (Å²) in [6, 6.07) is 7.47. The Labute approximate surface area is 122 Å². The minimum absolute atomic E-state index is 0.0455. The highest BCUT2D eigenvalue weighted by atomic mass is 35.5. The fourth-order valence-corrected chi connectivity index (χ4v) is 2.80. The molecule has 1 aliphatic rings. The topological polar surface area (TPSA) is 49.3 Å². The van der Waals surface area contributed by atoms with Crippen LogP contribution in [0.5, 0.6) is 0 Å². The first-order valence-corrected chi connectivity index (χ1v) is 7.76. The minimum atomic E-state index is 0.0455. The van der Waals surface area contributed by atoms with Crippen molar-refractivity contribution in [1.29, 1.82) is 0 Å². The molecule has 0 bridgehead atoms. The summed E-state index contributed by atoms with van der Waals surface area (Å²) in [4.78, 5) is 12.8. The first kappa shape index (κ1) is 14.7. The second-order valence-electron chi connectivity index (χ2n) is 4.99.